The number of hydrogen-bond donors (Lipinski definition) is 5. The molecule has 0 atom stereocenters. The minimum atomic E-state index is -0.980. The summed E-state index contributed by atoms with van der Waals surface area (Å²) in [4.78, 5) is 51.0. The van der Waals surface area contributed by atoms with Crippen molar-refractivity contribution in [3.63, 3.8) is 0 Å². The third-order valence-corrected chi connectivity index (χ3v) is 9.94. The van der Waals surface area contributed by atoms with Gasteiger partial charge in [-0.3, -0.25) is 4.79 Å². The fourth-order valence-corrected chi connectivity index (χ4v) is 6.92. The fraction of sp³-hybridized carbons (Fsp3) is 0.100. The molecule has 0 radical (unpaired) electrons. The average Bonchev–Trinajstić information content (AvgIpc) is 3.94. The average molecular weight is 833 g/mol. The highest BCUT2D eigenvalue weighted by molar-refractivity contribution is 7.16. The standard InChI is InChI=1S/C20H17N5O3S.C20H16N4O4S.H3N/c1-27-14-8-7-13(9-15(14)28-2)23-19-16-20(29-10-22-16)25-18(24-19)12-5-3-11(4-6-12)17(21)26;1-27-14-8-7-13(9-15(14)28-2)22-18-16-19(29-10-21-16)24-17(23-18)11-3-5-12(6-4-11)20(25)26;/h3-10H,1-2H3,(H2,21,26)(H,23,24,25);3-10H,1-2H3,(H,25,26)(H,22,23,24);1H3. The number of carbonyl (C=O) groups excluding carboxylic acids is 1. The number of anilines is 4. The molecular weight excluding hydrogens is 797 g/mol. The van der Waals surface area contributed by atoms with Crippen molar-refractivity contribution in [3.05, 3.63) is 107 Å². The Kier molecular flexibility index (Phi) is 12.7. The van der Waals surface area contributed by atoms with Crippen molar-refractivity contribution in [3.8, 4) is 45.8 Å². The highest BCUT2D eigenvalue weighted by Crippen LogP contribution is 2.35. The van der Waals surface area contributed by atoms with E-state index in [1.807, 2.05) is 24.3 Å². The highest BCUT2D eigenvalue weighted by atomic mass is 32.1. The maximum atomic E-state index is 11.3. The number of ether oxygens (including phenoxy) is 4. The van der Waals surface area contributed by atoms with Crippen LogP contribution in [0, 0.1) is 0 Å². The van der Waals surface area contributed by atoms with Crippen molar-refractivity contribution < 1.29 is 33.6 Å². The van der Waals surface area contributed by atoms with Crippen LogP contribution in [0.25, 0.3) is 43.5 Å². The summed E-state index contributed by atoms with van der Waals surface area (Å²) in [5.41, 5.74) is 13.7. The molecule has 0 spiro atoms. The van der Waals surface area contributed by atoms with Gasteiger partial charge < -0.3 is 46.6 Å². The molecule has 4 heterocycles. The predicted octanol–water partition coefficient (Wildman–Crippen LogP) is 7.99. The molecule has 19 heteroatoms. The number of amides is 1. The number of nitrogens with two attached hydrogens (primary N) is 1. The normalized spacial score (nSPS) is 10.5. The van der Waals surface area contributed by atoms with Gasteiger partial charge in [-0.1, -0.05) is 24.3 Å². The number of nitrogens with zero attached hydrogens (tertiary/aromatic N) is 6. The molecule has 0 unspecified atom stereocenters. The first-order chi connectivity index (χ1) is 28.2. The molecule has 59 heavy (non-hydrogen) atoms. The lowest BCUT2D eigenvalue weighted by Crippen LogP contribution is -2.10. The largest absolute Gasteiger partial charge is 0.493 e. The van der Waals surface area contributed by atoms with Crippen LogP contribution in [-0.2, 0) is 0 Å². The maximum Gasteiger partial charge on any atom is 0.335 e. The molecule has 300 valence electrons. The Morgan fingerprint density at radius 3 is 1.36 bits per heavy atom. The minimum absolute atomic E-state index is 0. The summed E-state index contributed by atoms with van der Waals surface area (Å²) < 4.78 is 21.3. The van der Waals surface area contributed by atoms with Crippen LogP contribution in [-0.4, -0.2) is 75.3 Å². The number of rotatable bonds is 12. The van der Waals surface area contributed by atoms with Crippen LogP contribution in [0.2, 0.25) is 0 Å². The summed E-state index contributed by atoms with van der Waals surface area (Å²) in [6.07, 6.45) is 0. The Hall–Kier alpha value is -7.48. The first kappa shape index (κ1) is 41.2. The van der Waals surface area contributed by atoms with Crippen LogP contribution < -0.4 is 41.5 Å². The van der Waals surface area contributed by atoms with Crippen LogP contribution in [0.4, 0.5) is 23.0 Å². The molecule has 8 aromatic rings. The van der Waals surface area contributed by atoms with Crippen LogP contribution in [0.1, 0.15) is 20.7 Å². The molecule has 0 bridgehead atoms. The summed E-state index contributed by atoms with van der Waals surface area (Å²) in [5, 5.41) is 15.6. The van der Waals surface area contributed by atoms with E-state index >= 15 is 0 Å². The summed E-state index contributed by atoms with van der Waals surface area (Å²) in [5.74, 6) is 3.08. The van der Waals surface area contributed by atoms with E-state index in [9.17, 15) is 9.59 Å². The van der Waals surface area contributed by atoms with Gasteiger partial charge in [0.1, 0.15) is 20.7 Å². The molecule has 0 saturated carbocycles. The van der Waals surface area contributed by atoms with Crippen molar-refractivity contribution >= 4 is 78.3 Å². The van der Waals surface area contributed by atoms with Crippen molar-refractivity contribution in [2.75, 3.05) is 39.1 Å². The molecule has 8 N–H and O–H groups in total. The number of carboxylic acid groups (broad SMARTS) is 1. The molecule has 0 aliphatic heterocycles. The smallest absolute Gasteiger partial charge is 0.335 e. The van der Waals surface area contributed by atoms with Crippen LogP contribution in [0.5, 0.6) is 23.0 Å². The molecule has 8 rings (SSSR count). The number of primary amides is 1. The SMILES string of the molecule is COc1ccc(Nc2nc(-c3ccc(C(=O)O)cc3)nc3scnc23)cc1OC.COc1ccc(Nc2nc(-c3ccc(C(N)=O)cc3)nc3scnc23)cc1OC.N. The van der Waals surface area contributed by atoms with Crippen molar-refractivity contribution in [1.29, 1.82) is 0 Å². The van der Waals surface area contributed by atoms with Crippen molar-refractivity contribution in [2.24, 2.45) is 5.73 Å². The van der Waals surface area contributed by atoms with E-state index in [0.29, 0.717) is 68.4 Å². The second kappa shape index (κ2) is 18.2. The summed E-state index contributed by atoms with van der Waals surface area (Å²) >= 11 is 2.82. The Morgan fingerprint density at radius 2 is 0.983 bits per heavy atom. The van der Waals surface area contributed by atoms with E-state index in [1.54, 1.807) is 88.0 Å². The number of aromatic nitrogens is 6. The van der Waals surface area contributed by atoms with Crippen LogP contribution in [0.15, 0.2) is 96.0 Å². The molecule has 0 aliphatic rings. The van der Waals surface area contributed by atoms with Gasteiger partial charge in [-0.25, -0.2) is 34.7 Å². The summed E-state index contributed by atoms with van der Waals surface area (Å²) in [6.45, 7) is 0. The molecule has 0 saturated heterocycles. The maximum absolute atomic E-state index is 11.3. The Labute approximate surface area is 344 Å². The molecule has 4 aromatic carbocycles. The van der Waals surface area contributed by atoms with Gasteiger partial charge in [0.2, 0.25) is 5.91 Å². The van der Waals surface area contributed by atoms with Crippen LogP contribution in [0.3, 0.4) is 0 Å². The number of thiazole rings is 2. The number of aromatic carboxylic acids is 1. The van der Waals surface area contributed by atoms with E-state index in [-0.39, 0.29) is 11.7 Å². The number of nitrogens with one attached hydrogen (secondary N) is 2. The lowest BCUT2D eigenvalue weighted by molar-refractivity contribution is 0.0696. The Balaban J connectivity index is 0.000000195. The minimum Gasteiger partial charge on any atom is -0.493 e. The lowest BCUT2D eigenvalue weighted by atomic mass is 10.1. The fourth-order valence-electron chi connectivity index (χ4n) is 5.60. The molecule has 0 aliphatic carbocycles. The second-order valence-electron chi connectivity index (χ2n) is 12.0. The summed E-state index contributed by atoms with van der Waals surface area (Å²) in [7, 11) is 6.32. The number of methoxy groups -OCH3 is 4. The van der Waals surface area contributed by atoms with Gasteiger partial charge in [0, 0.05) is 40.2 Å². The summed E-state index contributed by atoms with van der Waals surface area (Å²) in [6, 6.07) is 24.2. The topological polar surface area (TPSA) is 254 Å². The van der Waals surface area contributed by atoms with Gasteiger partial charge in [-0.15, -0.1) is 22.7 Å². The van der Waals surface area contributed by atoms with E-state index in [4.69, 9.17) is 29.8 Å². The van der Waals surface area contributed by atoms with Gasteiger partial charge in [-0.05, 0) is 48.5 Å². The zero-order valence-electron chi connectivity index (χ0n) is 31.9. The second-order valence-corrected chi connectivity index (χ2v) is 13.7. The predicted molar refractivity (Wildman–Crippen MR) is 227 cm³/mol. The zero-order chi connectivity index (χ0) is 40.8. The van der Waals surface area contributed by atoms with Gasteiger partial charge in [0.05, 0.1) is 45.0 Å². The zero-order valence-corrected chi connectivity index (χ0v) is 33.6. The molecular formula is C40H36N10O7S2. The van der Waals surface area contributed by atoms with Crippen molar-refractivity contribution in [1.82, 2.24) is 36.1 Å². The third kappa shape index (κ3) is 9.07. The molecule has 1 amide bonds. The van der Waals surface area contributed by atoms with E-state index < -0.39 is 11.9 Å². The number of carboxylic acids is 1. The number of hydrogen-bond acceptors (Lipinski definition) is 17. The van der Waals surface area contributed by atoms with Crippen molar-refractivity contribution in [2.45, 2.75) is 0 Å². The van der Waals surface area contributed by atoms with Gasteiger partial charge in [-0.2, -0.15) is 0 Å². The first-order valence-corrected chi connectivity index (χ1v) is 18.9. The number of fused-ring (bicyclic) bond motifs is 2. The van der Waals surface area contributed by atoms with E-state index in [1.165, 1.54) is 34.8 Å². The highest BCUT2D eigenvalue weighted by Gasteiger charge is 2.16. The Morgan fingerprint density at radius 1 is 0.576 bits per heavy atom. The van der Waals surface area contributed by atoms with Gasteiger partial charge in [0.15, 0.2) is 46.3 Å². The quantitative estimate of drug-likeness (QED) is 0.0782. The Bertz CT molecular complexity index is 2570. The monoisotopic (exact) mass is 832 g/mol. The number of benzene rings is 4. The van der Waals surface area contributed by atoms with E-state index in [0.717, 1.165) is 26.6 Å². The third-order valence-electron chi connectivity index (χ3n) is 8.51. The van der Waals surface area contributed by atoms with Gasteiger partial charge >= 0.3 is 5.97 Å². The molecule has 0 fully saturated rings. The first-order valence-electron chi connectivity index (χ1n) is 17.1. The van der Waals surface area contributed by atoms with E-state index in [2.05, 4.69) is 40.5 Å². The number of carbonyl (C=O) groups is 2. The molecule has 17 nitrogen and oxygen atoms in total. The molecule has 4 aromatic heterocycles. The van der Waals surface area contributed by atoms with Crippen LogP contribution >= 0.6 is 22.7 Å². The van der Waals surface area contributed by atoms with Gasteiger partial charge in [0.25, 0.3) is 0 Å². The lowest BCUT2D eigenvalue weighted by Gasteiger charge is -2.12.